The molecule has 0 aliphatic carbocycles. The molecule has 2 atom stereocenters. The van der Waals surface area contributed by atoms with Crippen molar-refractivity contribution < 1.29 is 28.8 Å². The average molecular weight is 546 g/mol. The highest BCUT2D eigenvalue weighted by molar-refractivity contribution is 6.30. The predicted molar refractivity (Wildman–Crippen MR) is 141 cm³/mol. The maximum absolute atomic E-state index is 13.8. The number of nitro benzene ring substituents is 1. The molecule has 2 aromatic rings. The van der Waals surface area contributed by atoms with Gasteiger partial charge >= 0.3 is 5.97 Å². The molecule has 0 saturated heterocycles. The lowest BCUT2D eigenvalue weighted by molar-refractivity contribution is -0.384. The first-order valence-corrected chi connectivity index (χ1v) is 12.6. The zero-order valence-corrected chi connectivity index (χ0v) is 22.8. The second kappa shape index (κ2) is 11.8. The summed E-state index contributed by atoms with van der Waals surface area (Å²) in [5, 5.41) is 13.9. The number of carbonyl (C=O) groups is 3. The van der Waals surface area contributed by atoms with E-state index in [9.17, 15) is 24.5 Å². The highest BCUT2D eigenvalue weighted by Gasteiger charge is 2.42. The highest BCUT2D eigenvalue weighted by atomic mass is 35.5. The van der Waals surface area contributed by atoms with Crippen molar-refractivity contribution in [1.29, 1.82) is 0 Å². The fraction of sp³-hybridized carbons (Fsp3) is 0.444. The number of hydrogen-bond acceptors (Lipinski definition) is 7. The van der Waals surface area contributed by atoms with Crippen LogP contribution >= 0.6 is 11.6 Å². The van der Waals surface area contributed by atoms with Gasteiger partial charge in [0.05, 0.1) is 4.92 Å². The van der Waals surface area contributed by atoms with Gasteiger partial charge in [0, 0.05) is 29.3 Å². The van der Waals surface area contributed by atoms with Crippen molar-refractivity contribution in [3.05, 3.63) is 68.7 Å². The monoisotopic (exact) mass is 545 g/mol. The molecule has 0 fully saturated rings. The molecular formula is C27H32ClN3O7. The summed E-state index contributed by atoms with van der Waals surface area (Å²) in [4.78, 5) is 51.5. The van der Waals surface area contributed by atoms with Crippen LogP contribution in [0.2, 0.25) is 5.02 Å². The van der Waals surface area contributed by atoms with E-state index in [0.717, 1.165) is 5.56 Å². The number of nitro groups is 1. The van der Waals surface area contributed by atoms with Crippen molar-refractivity contribution in [2.24, 2.45) is 5.92 Å². The topological polar surface area (TPSA) is 128 Å². The van der Waals surface area contributed by atoms with E-state index in [4.69, 9.17) is 21.1 Å². The summed E-state index contributed by atoms with van der Waals surface area (Å²) in [6.07, 6.45) is -0.546. The Labute approximate surface area is 226 Å². The Morgan fingerprint density at radius 3 is 2.42 bits per heavy atom. The third-order valence-corrected chi connectivity index (χ3v) is 6.06. The van der Waals surface area contributed by atoms with Gasteiger partial charge in [-0.1, -0.05) is 37.6 Å². The molecule has 3 rings (SSSR count). The first kappa shape index (κ1) is 28.9. The van der Waals surface area contributed by atoms with Gasteiger partial charge < -0.3 is 19.7 Å². The summed E-state index contributed by atoms with van der Waals surface area (Å²) in [6.45, 7) is 8.57. The number of halogens is 1. The number of carbonyl (C=O) groups excluding carboxylic acids is 3. The molecule has 1 aliphatic heterocycles. The quantitative estimate of drug-likeness (QED) is 0.298. The van der Waals surface area contributed by atoms with E-state index in [1.165, 1.54) is 17.0 Å². The minimum atomic E-state index is -1.14. The number of rotatable bonds is 8. The average Bonchev–Trinajstić information content (AvgIpc) is 2.94. The summed E-state index contributed by atoms with van der Waals surface area (Å²) >= 11 is 6.28. The Bertz CT molecular complexity index is 1210. The number of ether oxygens (including phenoxy) is 2. The molecule has 0 spiro atoms. The number of amides is 2. The van der Waals surface area contributed by atoms with Crippen LogP contribution in [-0.4, -0.2) is 52.4 Å². The first-order chi connectivity index (χ1) is 17.8. The van der Waals surface area contributed by atoms with Crippen molar-refractivity contribution in [2.45, 2.75) is 58.8 Å². The highest BCUT2D eigenvalue weighted by Crippen LogP contribution is 2.37. The molecule has 0 aromatic heterocycles. The predicted octanol–water partition coefficient (Wildman–Crippen LogP) is 4.24. The van der Waals surface area contributed by atoms with Crippen LogP contribution in [0.15, 0.2) is 42.5 Å². The van der Waals surface area contributed by atoms with Gasteiger partial charge in [0.2, 0.25) is 5.91 Å². The largest absolute Gasteiger partial charge is 0.480 e. The third-order valence-electron chi connectivity index (χ3n) is 5.83. The van der Waals surface area contributed by atoms with E-state index < -0.39 is 40.5 Å². The maximum atomic E-state index is 13.8. The second-order valence-electron chi connectivity index (χ2n) is 10.4. The molecule has 2 unspecified atom stereocenters. The van der Waals surface area contributed by atoms with Crippen molar-refractivity contribution in [2.75, 3.05) is 13.1 Å². The molecule has 2 amide bonds. The lowest BCUT2D eigenvalue weighted by Crippen LogP contribution is -2.49. The SMILES string of the molecule is CC(C)C1Oc2ccc(Cl)cc2C(C(=O)NCC(=O)OC(C)(C)C)N(CCc2ccc([N+](=O)[O-])cc2)C1=O. The van der Waals surface area contributed by atoms with E-state index in [-0.39, 0.29) is 24.7 Å². The zero-order valence-electron chi connectivity index (χ0n) is 22.0. The van der Waals surface area contributed by atoms with Gasteiger partial charge in [-0.05, 0) is 56.9 Å². The number of hydrogen-bond donors (Lipinski definition) is 1. The fourth-order valence-corrected chi connectivity index (χ4v) is 4.28. The van der Waals surface area contributed by atoms with Gasteiger partial charge in [0.1, 0.15) is 23.9 Å². The molecule has 0 bridgehead atoms. The number of non-ortho nitro benzene ring substituents is 1. The summed E-state index contributed by atoms with van der Waals surface area (Å²) in [6, 6.07) is 9.67. The Morgan fingerprint density at radius 1 is 1.18 bits per heavy atom. The normalized spacial score (nSPS) is 17.3. The van der Waals surface area contributed by atoms with E-state index in [1.807, 2.05) is 13.8 Å². The van der Waals surface area contributed by atoms with Crippen molar-refractivity contribution in [3.8, 4) is 5.75 Å². The number of benzene rings is 2. The fourth-order valence-electron chi connectivity index (χ4n) is 4.10. The van der Waals surface area contributed by atoms with E-state index in [2.05, 4.69) is 5.32 Å². The summed E-state index contributed by atoms with van der Waals surface area (Å²) in [5.41, 5.74) is 0.360. The standard InChI is InChI=1S/C27H32ClN3O7/c1-16(2)24-26(34)30(13-12-17-6-9-19(10-7-17)31(35)36)23(20-14-18(28)8-11-21(20)37-24)25(33)29-15-22(32)38-27(3,4)5/h6-11,14,16,23-24H,12-13,15H2,1-5H3,(H,29,33). The Kier molecular flexibility index (Phi) is 8.98. The van der Waals surface area contributed by atoms with Gasteiger partial charge in [-0.2, -0.15) is 0 Å². The molecule has 204 valence electrons. The first-order valence-electron chi connectivity index (χ1n) is 12.3. The van der Waals surface area contributed by atoms with Crippen LogP contribution in [-0.2, 0) is 25.5 Å². The molecule has 38 heavy (non-hydrogen) atoms. The molecule has 10 nitrogen and oxygen atoms in total. The number of nitrogens with one attached hydrogen (secondary N) is 1. The second-order valence-corrected chi connectivity index (χ2v) is 10.8. The smallest absolute Gasteiger partial charge is 0.325 e. The molecule has 1 N–H and O–H groups in total. The third kappa shape index (κ3) is 7.22. The van der Waals surface area contributed by atoms with Crippen molar-refractivity contribution in [3.63, 3.8) is 0 Å². The van der Waals surface area contributed by atoms with Crippen molar-refractivity contribution >= 4 is 35.1 Å². The van der Waals surface area contributed by atoms with Crippen LogP contribution < -0.4 is 10.1 Å². The molecular weight excluding hydrogens is 514 g/mol. The Balaban J connectivity index is 1.96. The van der Waals surface area contributed by atoms with Crippen LogP contribution in [0.5, 0.6) is 5.75 Å². The van der Waals surface area contributed by atoms with Gasteiger partial charge in [0.15, 0.2) is 6.10 Å². The molecule has 2 aromatic carbocycles. The lowest BCUT2D eigenvalue weighted by atomic mass is 10.0. The van der Waals surface area contributed by atoms with Gasteiger partial charge in [-0.25, -0.2) is 0 Å². The van der Waals surface area contributed by atoms with Crippen LogP contribution in [0.3, 0.4) is 0 Å². The minimum absolute atomic E-state index is 0.0455. The molecule has 11 heteroatoms. The lowest BCUT2D eigenvalue weighted by Gasteiger charge is -2.31. The molecule has 0 radical (unpaired) electrons. The summed E-state index contributed by atoms with van der Waals surface area (Å²) < 4.78 is 11.4. The van der Waals surface area contributed by atoms with Crippen LogP contribution in [0.1, 0.15) is 51.8 Å². The van der Waals surface area contributed by atoms with Gasteiger partial charge in [-0.15, -0.1) is 0 Å². The Hall–Kier alpha value is -3.66. The van der Waals surface area contributed by atoms with Crippen LogP contribution in [0.25, 0.3) is 0 Å². The minimum Gasteiger partial charge on any atom is -0.480 e. The zero-order chi connectivity index (χ0) is 28.2. The van der Waals surface area contributed by atoms with Crippen LogP contribution in [0.4, 0.5) is 5.69 Å². The van der Waals surface area contributed by atoms with Crippen LogP contribution in [0, 0.1) is 16.0 Å². The molecule has 1 heterocycles. The van der Waals surface area contributed by atoms with E-state index >= 15 is 0 Å². The molecule has 1 aliphatic rings. The molecule has 0 saturated carbocycles. The summed E-state index contributed by atoms with van der Waals surface area (Å²) in [5.74, 6) is -1.48. The van der Waals surface area contributed by atoms with E-state index in [1.54, 1.807) is 51.1 Å². The van der Waals surface area contributed by atoms with Gasteiger partial charge in [0.25, 0.3) is 11.6 Å². The number of nitrogens with zero attached hydrogens (tertiary/aromatic N) is 2. The van der Waals surface area contributed by atoms with Gasteiger partial charge in [-0.3, -0.25) is 24.5 Å². The number of esters is 1. The Morgan fingerprint density at radius 2 is 1.84 bits per heavy atom. The number of fused-ring (bicyclic) bond motifs is 1. The summed E-state index contributed by atoms with van der Waals surface area (Å²) in [7, 11) is 0. The van der Waals surface area contributed by atoms with E-state index in [0.29, 0.717) is 22.8 Å². The maximum Gasteiger partial charge on any atom is 0.325 e. The van der Waals surface area contributed by atoms with Crippen molar-refractivity contribution in [1.82, 2.24) is 10.2 Å².